The van der Waals surface area contributed by atoms with Gasteiger partial charge in [0.25, 0.3) is 0 Å². The maximum Gasteiger partial charge on any atom is 0.236 e. The van der Waals surface area contributed by atoms with E-state index in [0.29, 0.717) is 5.13 Å². The molecular weight excluding hydrogens is 316 g/mol. The molecule has 1 fully saturated rings. The third kappa shape index (κ3) is 2.63. The largest absolute Gasteiger partial charge is 0.301 e. The van der Waals surface area contributed by atoms with E-state index in [4.69, 9.17) is 0 Å². The van der Waals surface area contributed by atoms with Gasteiger partial charge in [0, 0.05) is 10.9 Å². The monoisotopic (exact) mass is 334 g/mol. The molecule has 1 aliphatic carbocycles. The Morgan fingerprint density at radius 3 is 2.29 bits per heavy atom. The number of thiazole rings is 1. The number of anilines is 1. The summed E-state index contributed by atoms with van der Waals surface area (Å²) in [6, 6.07) is 20.1. The van der Waals surface area contributed by atoms with Gasteiger partial charge in [-0.1, -0.05) is 67.1 Å². The van der Waals surface area contributed by atoms with Crippen LogP contribution in [0.15, 0.2) is 66.0 Å². The summed E-state index contributed by atoms with van der Waals surface area (Å²) in [4.78, 5) is 17.5. The highest BCUT2D eigenvalue weighted by atomic mass is 32.1. The standard InChI is InChI=1S/C20H18N2OS/c23-18(20(12-7-13-20)16-10-5-2-6-11-16)22-19-21-17(14-24-19)15-8-3-1-4-9-15/h1-6,8-11,14H,7,12-13H2,(H,21,22,23). The Bertz CT molecular complexity index is 838. The van der Waals surface area contributed by atoms with Crippen LogP contribution in [0.3, 0.4) is 0 Å². The maximum atomic E-state index is 12.9. The topological polar surface area (TPSA) is 42.0 Å². The van der Waals surface area contributed by atoms with Crippen LogP contribution in [0.25, 0.3) is 11.3 Å². The fraction of sp³-hybridized carbons (Fsp3) is 0.200. The lowest BCUT2D eigenvalue weighted by molar-refractivity contribution is -0.124. The maximum absolute atomic E-state index is 12.9. The van der Waals surface area contributed by atoms with E-state index in [1.165, 1.54) is 11.3 Å². The number of carbonyl (C=O) groups excluding carboxylic acids is 1. The minimum Gasteiger partial charge on any atom is -0.301 e. The Hall–Kier alpha value is -2.46. The molecule has 2 aromatic carbocycles. The third-order valence-corrected chi connectivity index (χ3v) is 5.52. The number of aromatic nitrogens is 1. The van der Waals surface area contributed by atoms with Crippen LogP contribution in [0.1, 0.15) is 24.8 Å². The van der Waals surface area contributed by atoms with Crippen molar-refractivity contribution >= 4 is 22.4 Å². The molecule has 1 amide bonds. The van der Waals surface area contributed by atoms with Crippen molar-refractivity contribution in [3.63, 3.8) is 0 Å². The normalized spacial score (nSPS) is 15.5. The third-order valence-electron chi connectivity index (χ3n) is 4.76. The van der Waals surface area contributed by atoms with E-state index in [9.17, 15) is 4.79 Å². The Kier molecular flexibility index (Phi) is 3.90. The fourth-order valence-electron chi connectivity index (χ4n) is 3.22. The van der Waals surface area contributed by atoms with Gasteiger partial charge in [-0.25, -0.2) is 4.98 Å². The molecule has 0 radical (unpaired) electrons. The van der Waals surface area contributed by atoms with Crippen molar-refractivity contribution in [3.05, 3.63) is 71.6 Å². The zero-order valence-corrected chi connectivity index (χ0v) is 14.1. The van der Waals surface area contributed by atoms with E-state index < -0.39 is 0 Å². The quantitative estimate of drug-likeness (QED) is 0.739. The number of nitrogens with zero attached hydrogens (tertiary/aromatic N) is 1. The zero-order chi connectivity index (χ0) is 16.4. The average Bonchev–Trinajstić information content (AvgIpc) is 3.04. The Balaban J connectivity index is 1.55. The van der Waals surface area contributed by atoms with Crippen LogP contribution in [0.4, 0.5) is 5.13 Å². The van der Waals surface area contributed by atoms with E-state index >= 15 is 0 Å². The zero-order valence-electron chi connectivity index (χ0n) is 13.2. The predicted octanol–water partition coefficient (Wildman–Crippen LogP) is 4.87. The SMILES string of the molecule is O=C(Nc1nc(-c2ccccc2)cs1)C1(c2ccccc2)CCC1. The molecule has 1 heterocycles. The van der Waals surface area contributed by atoms with Crippen LogP contribution in [-0.2, 0) is 10.2 Å². The summed E-state index contributed by atoms with van der Waals surface area (Å²) < 4.78 is 0. The van der Waals surface area contributed by atoms with Crippen LogP contribution >= 0.6 is 11.3 Å². The van der Waals surface area contributed by atoms with E-state index in [1.807, 2.05) is 53.9 Å². The first-order valence-corrected chi connectivity index (χ1v) is 9.04. The molecule has 0 spiro atoms. The number of amides is 1. The number of rotatable bonds is 4. The minimum absolute atomic E-state index is 0.0638. The number of hydrogen-bond donors (Lipinski definition) is 1. The van der Waals surface area contributed by atoms with Crippen molar-refractivity contribution in [2.75, 3.05) is 5.32 Å². The first-order valence-electron chi connectivity index (χ1n) is 8.16. The molecule has 120 valence electrons. The lowest BCUT2D eigenvalue weighted by atomic mass is 9.64. The first kappa shape index (κ1) is 15.1. The van der Waals surface area contributed by atoms with Crippen molar-refractivity contribution < 1.29 is 4.79 Å². The number of carbonyl (C=O) groups is 1. The molecule has 3 nitrogen and oxygen atoms in total. The number of nitrogens with one attached hydrogen (secondary N) is 1. The highest BCUT2D eigenvalue weighted by molar-refractivity contribution is 7.14. The smallest absolute Gasteiger partial charge is 0.236 e. The van der Waals surface area contributed by atoms with Crippen LogP contribution in [-0.4, -0.2) is 10.9 Å². The molecule has 24 heavy (non-hydrogen) atoms. The Morgan fingerprint density at radius 1 is 1.00 bits per heavy atom. The van der Waals surface area contributed by atoms with Crippen LogP contribution in [0, 0.1) is 0 Å². The van der Waals surface area contributed by atoms with E-state index in [-0.39, 0.29) is 11.3 Å². The summed E-state index contributed by atoms with van der Waals surface area (Å²) in [6.07, 6.45) is 2.90. The van der Waals surface area contributed by atoms with E-state index in [2.05, 4.69) is 22.4 Å². The fourth-order valence-corrected chi connectivity index (χ4v) is 3.94. The van der Waals surface area contributed by atoms with Crippen molar-refractivity contribution in [2.24, 2.45) is 0 Å². The lowest BCUT2D eigenvalue weighted by Gasteiger charge is -2.40. The van der Waals surface area contributed by atoms with E-state index in [1.54, 1.807) is 0 Å². The molecule has 0 atom stereocenters. The molecule has 0 unspecified atom stereocenters. The summed E-state index contributed by atoms with van der Waals surface area (Å²) in [6.45, 7) is 0. The van der Waals surface area contributed by atoms with Gasteiger partial charge in [0.2, 0.25) is 5.91 Å². The van der Waals surface area contributed by atoms with Gasteiger partial charge in [-0.15, -0.1) is 11.3 Å². The molecule has 1 saturated carbocycles. The molecule has 0 aliphatic heterocycles. The Labute approximate surface area is 145 Å². The van der Waals surface area contributed by atoms with Crippen LogP contribution in [0.5, 0.6) is 0 Å². The van der Waals surface area contributed by atoms with Crippen molar-refractivity contribution in [3.8, 4) is 11.3 Å². The summed E-state index contributed by atoms with van der Waals surface area (Å²) in [7, 11) is 0. The van der Waals surface area contributed by atoms with Gasteiger partial charge >= 0.3 is 0 Å². The first-order chi connectivity index (χ1) is 11.8. The molecule has 3 aromatic rings. The van der Waals surface area contributed by atoms with Gasteiger partial charge in [0.05, 0.1) is 11.1 Å². The summed E-state index contributed by atoms with van der Waals surface area (Å²) in [5, 5.41) is 5.70. The summed E-state index contributed by atoms with van der Waals surface area (Å²) in [5.74, 6) is 0.0638. The van der Waals surface area contributed by atoms with E-state index in [0.717, 1.165) is 36.1 Å². The summed E-state index contributed by atoms with van der Waals surface area (Å²) >= 11 is 1.48. The van der Waals surface area contributed by atoms with Crippen molar-refractivity contribution in [2.45, 2.75) is 24.7 Å². The molecular formula is C20H18N2OS. The van der Waals surface area contributed by atoms with Gasteiger partial charge < -0.3 is 5.32 Å². The second-order valence-corrected chi connectivity index (χ2v) is 7.02. The molecule has 0 saturated heterocycles. The molecule has 1 aromatic heterocycles. The molecule has 4 rings (SSSR count). The van der Waals surface area contributed by atoms with Crippen molar-refractivity contribution in [1.82, 2.24) is 4.98 Å². The molecule has 1 aliphatic rings. The predicted molar refractivity (Wildman–Crippen MR) is 98.2 cm³/mol. The summed E-state index contributed by atoms with van der Waals surface area (Å²) in [5.41, 5.74) is 2.68. The van der Waals surface area contributed by atoms with Crippen LogP contribution < -0.4 is 5.32 Å². The van der Waals surface area contributed by atoms with Gasteiger partial charge in [-0.2, -0.15) is 0 Å². The second kappa shape index (κ2) is 6.21. The molecule has 0 bridgehead atoms. The Morgan fingerprint density at radius 2 is 1.67 bits per heavy atom. The highest BCUT2D eigenvalue weighted by Crippen LogP contribution is 2.44. The van der Waals surface area contributed by atoms with Crippen LogP contribution in [0.2, 0.25) is 0 Å². The minimum atomic E-state index is -0.389. The average molecular weight is 334 g/mol. The van der Waals surface area contributed by atoms with Gasteiger partial charge in [-0.05, 0) is 18.4 Å². The lowest BCUT2D eigenvalue weighted by Crippen LogP contribution is -2.45. The van der Waals surface area contributed by atoms with Gasteiger partial charge in [-0.3, -0.25) is 4.79 Å². The molecule has 1 N–H and O–H groups in total. The number of benzene rings is 2. The highest BCUT2D eigenvalue weighted by Gasteiger charge is 2.45. The van der Waals surface area contributed by atoms with Gasteiger partial charge in [0.1, 0.15) is 0 Å². The number of hydrogen-bond acceptors (Lipinski definition) is 3. The second-order valence-electron chi connectivity index (χ2n) is 6.16. The molecule has 4 heteroatoms. The van der Waals surface area contributed by atoms with Crippen molar-refractivity contribution in [1.29, 1.82) is 0 Å². The van der Waals surface area contributed by atoms with Gasteiger partial charge in [0.15, 0.2) is 5.13 Å².